The molecule has 9 heavy (non-hydrogen) atoms. The van der Waals surface area contributed by atoms with E-state index in [9.17, 15) is 4.79 Å². The Kier molecular flexibility index (Phi) is 1.64. The van der Waals surface area contributed by atoms with Gasteiger partial charge >= 0.3 is 58.9 Å². The van der Waals surface area contributed by atoms with Crippen LogP contribution in [0.2, 0.25) is 0 Å². The van der Waals surface area contributed by atoms with E-state index in [0.717, 1.165) is 0 Å². The predicted molar refractivity (Wildman–Crippen MR) is 32.8 cm³/mol. The molecule has 47 valence electrons. The Labute approximate surface area is 59.5 Å². The number of nitrogens with zero attached hydrogens (tertiary/aromatic N) is 2. The normalized spacial score (nSPS) is 9.44. The summed E-state index contributed by atoms with van der Waals surface area (Å²) in [6.07, 6.45) is 0. The van der Waals surface area contributed by atoms with Crippen molar-refractivity contribution >= 4 is 20.7 Å². The summed E-state index contributed by atoms with van der Waals surface area (Å²) in [7, 11) is 0. The number of aromatic nitrogens is 3. The van der Waals surface area contributed by atoms with Crippen LogP contribution in [0.1, 0.15) is 5.69 Å². The first kappa shape index (κ1) is 6.45. The predicted octanol–water partition coefficient (Wildman–Crippen LogP) is -1.73. The van der Waals surface area contributed by atoms with Gasteiger partial charge in [0.1, 0.15) is 0 Å². The van der Waals surface area contributed by atoms with Crippen LogP contribution in [0.15, 0.2) is 4.79 Å². The summed E-state index contributed by atoms with van der Waals surface area (Å²) < 4.78 is 0.422. The quantitative estimate of drug-likeness (QED) is 0.493. The Bertz CT molecular complexity index is 269. The molecule has 1 aromatic rings. The number of H-pyrrole nitrogens is 1. The van der Waals surface area contributed by atoms with Crippen molar-refractivity contribution in [1.82, 2.24) is 15.2 Å². The van der Waals surface area contributed by atoms with E-state index in [4.69, 9.17) is 0 Å². The molecule has 0 saturated heterocycles. The Morgan fingerprint density at radius 1 is 1.56 bits per heavy atom. The van der Waals surface area contributed by atoms with Gasteiger partial charge in [0.25, 0.3) is 0 Å². The van der Waals surface area contributed by atoms with Gasteiger partial charge in [0.2, 0.25) is 0 Å². The first-order valence-corrected chi connectivity index (χ1v) is 3.16. The molecule has 0 aliphatic rings. The third-order valence-corrected chi connectivity index (χ3v) is 1.23. The van der Waals surface area contributed by atoms with E-state index in [1.165, 1.54) is 0 Å². The van der Waals surface area contributed by atoms with E-state index in [2.05, 4.69) is 31.2 Å². The molecule has 0 aliphatic carbocycles. The second-order valence-electron chi connectivity index (χ2n) is 1.54. The van der Waals surface area contributed by atoms with E-state index in [-0.39, 0.29) is 5.56 Å². The molecule has 0 saturated carbocycles. The number of nitrogens with one attached hydrogen (secondary N) is 1. The van der Waals surface area contributed by atoms with Crippen LogP contribution in [0.3, 0.4) is 0 Å². The van der Waals surface area contributed by atoms with Crippen LogP contribution in [0, 0.1) is 6.92 Å². The minimum absolute atomic E-state index is 0.196. The van der Waals surface area contributed by atoms with Crippen molar-refractivity contribution in [2.24, 2.45) is 0 Å². The van der Waals surface area contributed by atoms with E-state index < -0.39 is 0 Å². The van der Waals surface area contributed by atoms with Crippen LogP contribution >= 0.6 is 0 Å². The summed E-state index contributed by atoms with van der Waals surface area (Å²) in [5.74, 6) is 0. The number of aryl methyl sites for hydroxylation is 1. The second-order valence-corrected chi connectivity index (χ2v) is 2.36. The monoisotopic (exact) mass is 190 g/mol. The van der Waals surface area contributed by atoms with Crippen molar-refractivity contribution in [2.45, 2.75) is 6.92 Å². The number of rotatable bonds is 0. The van der Waals surface area contributed by atoms with Gasteiger partial charge in [-0.15, -0.1) is 0 Å². The van der Waals surface area contributed by atoms with Crippen molar-refractivity contribution in [2.75, 3.05) is 0 Å². The summed E-state index contributed by atoms with van der Waals surface area (Å²) in [6, 6.07) is 0. The molecule has 1 aromatic heterocycles. The van der Waals surface area contributed by atoms with Crippen LogP contribution in [0.5, 0.6) is 0 Å². The van der Waals surface area contributed by atoms with E-state index >= 15 is 0 Å². The molecule has 0 atom stereocenters. The molecule has 0 spiro atoms. The molecule has 0 aliphatic heterocycles. The van der Waals surface area contributed by atoms with Gasteiger partial charge in [-0.25, -0.2) is 0 Å². The fourth-order valence-corrected chi connectivity index (χ4v) is 0.659. The Morgan fingerprint density at radius 3 is 2.67 bits per heavy atom. The van der Waals surface area contributed by atoms with E-state index in [1.54, 1.807) is 6.92 Å². The van der Waals surface area contributed by atoms with E-state index in [1.807, 2.05) is 0 Å². The fraction of sp³-hybridized carbons (Fsp3) is 0.250. The van der Waals surface area contributed by atoms with Crippen molar-refractivity contribution < 1.29 is 0 Å². The summed E-state index contributed by atoms with van der Waals surface area (Å²) in [6.45, 7) is 1.60. The topological polar surface area (TPSA) is 58.6 Å². The fourth-order valence-electron chi connectivity index (χ4n) is 0.378. The number of hydrogen-bond acceptors (Lipinski definition) is 3. The maximum absolute atomic E-state index is 10.7. The van der Waals surface area contributed by atoms with Crippen molar-refractivity contribution in [1.29, 1.82) is 0 Å². The number of aromatic amines is 1. The summed E-state index contributed by atoms with van der Waals surface area (Å²) in [4.78, 5) is 13.1. The third kappa shape index (κ3) is 1.37. The van der Waals surface area contributed by atoms with Crippen LogP contribution in [0.4, 0.5) is 0 Å². The van der Waals surface area contributed by atoms with Crippen LogP contribution < -0.4 is 10.3 Å². The molecule has 5 heteroatoms. The maximum atomic E-state index is 10.7. The van der Waals surface area contributed by atoms with Crippen molar-refractivity contribution in [3.05, 3.63) is 16.0 Å². The van der Waals surface area contributed by atoms with Gasteiger partial charge < -0.3 is 0 Å². The van der Waals surface area contributed by atoms with Gasteiger partial charge in [-0.05, 0) is 0 Å². The van der Waals surface area contributed by atoms with Gasteiger partial charge in [-0.1, -0.05) is 0 Å². The Balaban J connectivity index is 3.34. The Hall–Kier alpha value is -0.671. The van der Waals surface area contributed by atoms with Crippen molar-refractivity contribution in [3.8, 4) is 0 Å². The van der Waals surface area contributed by atoms with Crippen LogP contribution in [0.25, 0.3) is 0 Å². The van der Waals surface area contributed by atoms with Crippen molar-refractivity contribution in [3.63, 3.8) is 0 Å². The first-order valence-electron chi connectivity index (χ1n) is 2.31. The molecule has 0 unspecified atom stereocenters. The molecule has 0 bridgehead atoms. The molecule has 1 rings (SSSR count). The van der Waals surface area contributed by atoms with Gasteiger partial charge in [0.05, 0.1) is 0 Å². The van der Waals surface area contributed by atoms with E-state index in [0.29, 0.717) is 10.4 Å². The van der Waals surface area contributed by atoms with Gasteiger partial charge in [-0.2, -0.15) is 0 Å². The molecular weight excluding hydrogens is 185 g/mol. The molecular formula is C4H4N3OSe. The Morgan fingerprint density at radius 2 is 2.22 bits per heavy atom. The summed E-state index contributed by atoms with van der Waals surface area (Å²) >= 11 is 2.54. The van der Waals surface area contributed by atoms with Crippen LogP contribution in [-0.2, 0) is 0 Å². The summed E-state index contributed by atoms with van der Waals surface area (Å²) in [5.41, 5.74) is 0.188. The number of hydrogen-bond donors (Lipinski definition) is 1. The molecule has 1 heterocycles. The first-order chi connectivity index (χ1) is 4.20. The average molecular weight is 189 g/mol. The zero-order chi connectivity index (χ0) is 6.85. The molecule has 0 aromatic carbocycles. The van der Waals surface area contributed by atoms with Crippen LogP contribution in [-0.4, -0.2) is 31.2 Å². The molecule has 1 N–H and O–H groups in total. The minimum atomic E-state index is -0.196. The molecule has 4 nitrogen and oxygen atoms in total. The van der Waals surface area contributed by atoms with Gasteiger partial charge in [-0.3, -0.25) is 0 Å². The average Bonchev–Trinajstić information content (AvgIpc) is 1.80. The standard InChI is InChI=1S/C4H4N3OSe/c1-2-3(8)5-4(9)7-6-2/h1H3,(H,5,7,8). The molecule has 0 fully saturated rings. The zero-order valence-electron chi connectivity index (χ0n) is 4.71. The van der Waals surface area contributed by atoms with Gasteiger partial charge in [0, 0.05) is 0 Å². The second kappa shape index (κ2) is 2.29. The molecule has 0 amide bonds. The zero-order valence-corrected chi connectivity index (χ0v) is 6.42. The SMILES string of the molecule is Cc1nnc([Se])[nH]c1=O. The third-order valence-electron chi connectivity index (χ3n) is 0.840. The summed E-state index contributed by atoms with van der Waals surface area (Å²) in [5, 5.41) is 7.13. The van der Waals surface area contributed by atoms with Gasteiger partial charge in [0.15, 0.2) is 0 Å². The molecule has 1 radical (unpaired) electrons.